The number of hydrogen-bond donors (Lipinski definition) is 1. The molecule has 120 valence electrons. The van der Waals surface area contributed by atoms with E-state index in [4.69, 9.17) is 16.3 Å². The number of nitriles is 1. The number of methoxy groups -OCH3 is 1. The Morgan fingerprint density at radius 2 is 2.09 bits per heavy atom. The van der Waals surface area contributed by atoms with E-state index in [1.807, 2.05) is 6.92 Å². The number of esters is 1. The smallest absolute Gasteiger partial charge is 0.319 e. The maximum absolute atomic E-state index is 12.4. The van der Waals surface area contributed by atoms with E-state index in [0.29, 0.717) is 26.9 Å². The van der Waals surface area contributed by atoms with Gasteiger partial charge in [0.25, 0.3) is 0 Å². The summed E-state index contributed by atoms with van der Waals surface area (Å²) in [6, 6.07) is 8.90. The van der Waals surface area contributed by atoms with Gasteiger partial charge in [-0.05, 0) is 23.4 Å². The number of nitrogens with zero attached hydrogens (tertiary/aromatic N) is 1. The molecule has 1 amide bonds. The zero-order chi connectivity index (χ0) is 17.0. The van der Waals surface area contributed by atoms with Crippen molar-refractivity contribution in [2.24, 2.45) is 5.92 Å². The van der Waals surface area contributed by atoms with Crippen LogP contribution >= 0.6 is 23.4 Å². The Bertz CT molecular complexity index is 694. The maximum Gasteiger partial charge on any atom is 0.319 e. The van der Waals surface area contributed by atoms with E-state index >= 15 is 0 Å². The first kappa shape index (κ1) is 17.4. The highest BCUT2D eigenvalue weighted by Crippen LogP contribution is 2.40. The molecular weight excluding hydrogens is 336 g/mol. The molecule has 2 rings (SSSR count). The number of halogens is 1. The van der Waals surface area contributed by atoms with Gasteiger partial charge < -0.3 is 10.1 Å². The number of ether oxygens (including phenoxy) is 1. The normalized spacial score (nSPS) is 20.7. The van der Waals surface area contributed by atoms with Gasteiger partial charge >= 0.3 is 5.97 Å². The number of thioether (sulfide) groups is 1. The SMILES string of the molecule is CCSC1=C(C#N)C(c2ccc(Cl)cc2)[C@H](C(=O)OC)C(=O)N1. The summed E-state index contributed by atoms with van der Waals surface area (Å²) in [4.78, 5) is 24.5. The second-order valence-electron chi connectivity index (χ2n) is 4.81. The van der Waals surface area contributed by atoms with Gasteiger partial charge in [0.15, 0.2) is 0 Å². The second kappa shape index (κ2) is 7.53. The molecule has 1 unspecified atom stereocenters. The topological polar surface area (TPSA) is 79.2 Å². The lowest BCUT2D eigenvalue weighted by atomic mass is 9.78. The van der Waals surface area contributed by atoms with Crippen molar-refractivity contribution < 1.29 is 14.3 Å². The first-order valence-electron chi connectivity index (χ1n) is 6.94. The molecule has 0 spiro atoms. The minimum absolute atomic E-state index is 0.356. The second-order valence-corrected chi connectivity index (χ2v) is 6.52. The van der Waals surface area contributed by atoms with Gasteiger partial charge in [0.2, 0.25) is 5.91 Å². The van der Waals surface area contributed by atoms with Crippen molar-refractivity contribution in [1.82, 2.24) is 5.32 Å². The quantitative estimate of drug-likeness (QED) is 0.667. The van der Waals surface area contributed by atoms with E-state index in [1.165, 1.54) is 18.9 Å². The van der Waals surface area contributed by atoms with Crippen molar-refractivity contribution in [2.45, 2.75) is 12.8 Å². The van der Waals surface area contributed by atoms with Gasteiger partial charge in [0.05, 0.1) is 23.8 Å². The van der Waals surface area contributed by atoms with Gasteiger partial charge in [-0.25, -0.2) is 0 Å². The lowest BCUT2D eigenvalue weighted by Gasteiger charge is -2.30. The van der Waals surface area contributed by atoms with E-state index in [1.54, 1.807) is 24.3 Å². The monoisotopic (exact) mass is 350 g/mol. The van der Waals surface area contributed by atoms with Crippen molar-refractivity contribution in [3.8, 4) is 6.07 Å². The summed E-state index contributed by atoms with van der Waals surface area (Å²) >= 11 is 7.26. The van der Waals surface area contributed by atoms with Crippen LogP contribution in [0.3, 0.4) is 0 Å². The van der Waals surface area contributed by atoms with Crippen molar-refractivity contribution in [2.75, 3.05) is 12.9 Å². The highest BCUT2D eigenvalue weighted by atomic mass is 35.5. The first-order valence-corrected chi connectivity index (χ1v) is 8.31. The van der Waals surface area contributed by atoms with Gasteiger partial charge in [0, 0.05) is 10.9 Å². The van der Waals surface area contributed by atoms with Crippen LogP contribution in [-0.4, -0.2) is 24.7 Å². The van der Waals surface area contributed by atoms with Crippen LogP contribution in [0.2, 0.25) is 5.02 Å². The maximum atomic E-state index is 12.4. The molecule has 0 saturated carbocycles. The Kier molecular flexibility index (Phi) is 5.69. The van der Waals surface area contributed by atoms with Gasteiger partial charge in [-0.1, -0.05) is 30.7 Å². The number of carbonyl (C=O) groups is 2. The molecule has 1 aromatic carbocycles. The van der Waals surface area contributed by atoms with Crippen molar-refractivity contribution >= 4 is 35.2 Å². The third-order valence-electron chi connectivity index (χ3n) is 3.50. The van der Waals surface area contributed by atoms with Crippen LogP contribution in [-0.2, 0) is 14.3 Å². The average molecular weight is 351 g/mol. The average Bonchev–Trinajstić information content (AvgIpc) is 2.54. The molecule has 0 radical (unpaired) electrons. The summed E-state index contributed by atoms with van der Waals surface area (Å²) in [6.45, 7) is 1.92. The molecule has 0 fully saturated rings. The van der Waals surface area contributed by atoms with Gasteiger partial charge in [0.1, 0.15) is 5.92 Å². The van der Waals surface area contributed by atoms with Crippen LogP contribution in [0.5, 0.6) is 0 Å². The number of hydrogen-bond acceptors (Lipinski definition) is 5. The minimum atomic E-state index is -1.10. The van der Waals surface area contributed by atoms with Crippen molar-refractivity contribution in [1.29, 1.82) is 5.26 Å². The summed E-state index contributed by atoms with van der Waals surface area (Å²) in [5.74, 6) is -2.23. The molecule has 1 aliphatic rings. The van der Waals surface area contributed by atoms with Crippen LogP contribution in [0.1, 0.15) is 18.4 Å². The van der Waals surface area contributed by atoms with E-state index < -0.39 is 23.7 Å². The summed E-state index contributed by atoms with van der Waals surface area (Å²) < 4.78 is 4.76. The Morgan fingerprint density at radius 3 is 2.61 bits per heavy atom. The Morgan fingerprint density at radius 1 is 1.43 bits per heavy atom. The zero-order valence-electron chi connectivity index (χ0n) is 12.6. The van der Waals surface area contributed by atoms with Crippen LogP contribution in [0.4, 0.5) is 0 Å². The molecule has 1 aliphatic heterocycles. The molecule has 1 heterocycles. The molecule has 1 N–H and O–H groups in total. The zero-order valence-corrected chi connectivity index (χ0v) is 14.2. The van der Waals surface area contributed by atoms with Crippen LogP contribution in [0.15, 0.2) is 34.9 Å². The van der Waals surface area contributed by atoms with Crippen molar-refractivity contribution in [3.63, 3.8) is 0 Å². The standard InChI is InChI=1S/C16H15ClN2O3S/c1-3-23-15-11(8-18)12(9-4-6-10(17)7-5-9)13(14(20)19-15)16(21)22-2/h4-7,12-13H,3H2,1-2H3,(H,19,20)/t12?,13-/m0/s1. The molecule has 0 aromatic heterocycles. The molecule has 0 aliphatic carbocycles. The summed E-state index contributed by atoms with van der Waals surface area (Å²) in [5.41, 5.74) is 1.03. The fourth-order valence-electron chi connectivity index (χ4n) is 2.49. The molecule has 0 bridgehead atoms. The third-order valence-corrected chi connectivity index (χ3v) is 4.65. The summed E-state index contributed by atoms with van der Waals surface area (Å²) in [6.07, 6.45) is 0. The fraction of sp³-hybridized carbons (Fsp3) is 0.312. The molecule has 2 atom stereocenters. The molecule has 7 heteroatoms. The largest absolute Gasteiger partial charge is 0.468 e. The Hall–Kier alpha value is -1.97. The van der Waals surface area contributed by atoms with Crippen LogP contribution in [0.25, 0.3) is 0 Å². The molecule has 5 nitrogen and oxygen atoms in total. The lowest BCUT2D eigenvalue weighted by Crippen LogP contribution is -2.44. The number of amides is 1. The number of carbonyl (C=O) groups excluding carboxylic acids is 2. The van der Waals surface area contributed by atoms with E-state index in [0.717, 1.165) is 0 Å². The summed E-state index contributed by atoms with van der Waals surface area (Å²) in [7, 11) is 1.22. The lowest BCUT2D eigenvalue weighted by molar-refractivity contribution is -0.150. The molecular formula is C16H15ClN2O3S. The first-order chi connectivity index (χ1) is 11.0. The van der Waals surface area contributed by atoms with E-state index in [2.05, 4.69) is 11.4 Å². The molecule has 23 heavy (non-hydrogen) atoms. The number of nitrogens with one attached hydrogen (secondary N) is 1. The van der Waals surface area contributed by atoms with Gasteiger partial charge in [-0.3, -0.25) is 9.59 Å². The van der Waals surface area contributed by atoms with Gasteiger partial charge in [-0.2, -0.15) is 5.26 Å². The van der Waals surface area contributed by atoms with Crippen LogP contribution in [0, 0.1) is 17.2 Å². The minimum Gasteiger partial charge on any atom is -0.468 e. The highest BCUT2D eigenvalue weighted by Gasteiger charge is 2.44. The fourth-order valence-corrected chi connectivity index (χ4v) is 3.41. The Balaban J connectivity index is 2.61. The molecule has 1 aromatic rings. The van der Waals surface area contributed by atoms with E-state index in [-0.39, 0.29) is 0 Å². The number of allylic oxidation sites excluding steroid dienone is 1. The number of benzene rings is 1. The predicted octanol–water partition coefficient (Wildman–Crippen LogP) is 2.83. The van der Waals surface area contributed by atoms with E-state index in [9.17, 15) is 14.9 Å². The Labute approximate surface area is 143 Å². The van der Waals surface area contributed by atoms with Crippen molar-refractivity contribution in [3.05, 3.63) is 45.5 Å². The summed E-state index contributed by atoms with van der Waals surface area (Å²) in [5, 5.41) is 13.3. The predicted molar refractivity (Wildman–Crippen MR) is 88.6 cm³/mol. The van der Waals surface area contributed by atoms with Gasteiger partial charge in [-0.15, -0.1) is 11.8 Å². The molecule has 0 saturated heterocycles. The third kappa shape index (κ3) is 3.52. The van der Waals surface area contributed by atoms with Crippen LogP contribution < -0.4 is 5.32 Å². The number of rotatable bonds is 4. The highest BCUT2D eigenvalue weighted by molar-refractivity contribution is 8.03.